The average Bonchev–Trinajstić information content (AvgIpc) is 3.11. The first-order chi connectivity index (χ1) is 14.1. The number of nitrogens with zero attached hydrogens (tertiary/aromatic N) is 4. The van der Waals surface area contributed by atoms with E-state index in [0.717, 1.165) is 48.2 Å². The topological polar surface area (TPSA) is 122 Å². The van der Waals surface area contributed by atoms with E-state index in [0.29, 0.717) is 35.7 Å². The molecule has 0 spiro atoms. The van der Waals surface area contributed by atoms with E-state index in [9.17, 15) is 4.79 Å². The van der Waals surface area contributed by atoms with Gasteiger partial charge in [0, 0.05) is 25.3 Å². The molecule has 0 unspecified atom stereocenters. The fourth-order valence-corrected chi connectivity index (χ4v) is 4.04. The summed E-state index contributed by atoms with van der Waals surface area (Å²) < 4.78 is 5.45. The third-order valence-electron chi connectivity index (χ3n) is 5.59. The molecule has 29 heavy (non-hydrogen) atoms. The maximum atomic E-state index is 12.6. The van der Waals surface area contributed by atoms with Crippen molar-refractivity contribution in [1.82, 2.24) is 19.9 Å². The first kappa shape index (κ1) is 17.9. The minimum Gasteiger partial charge on any atom is -0.381 e. The maximum Gasteiger partial charge on any atom is 0.247 e. The van der Waals surface area contributed by atoms with E-state index in [2.05, 4.69) is 20.3 Å². The number of rotatable bonds is 3. The highest BCUT2D eigenvalue weighted by molar-refractivity contribution is 6.01. The number of aromatic nitrogens is 4. The number of hydrogen-bond donors (Lipinski definition) is 3. The Hall–Kier alpha value is -3.20. The molecule has 2 aromatic heterocycles. The molecule has 0 atom stereocenters. The summed E-state index contributed by atoms with van der Waals surface area (Å²) in [6, 6.07) is 3.98. The van der Waals surface area contributed by atoms with E-state index in [-0.39, 0.29) is 12.5 Å². The zero-order valence-corrected chi connectivity index (χ0v) is 16.2. The molecule has 2 aliphatic rings. The number of ether oxygens (including phenoxy) is 1. The SMILES string of the molecule is Cc1cc(-c2cnc3c(n2)N(CC2CCOCC2)C(=O)CN3)cc2[nH]c(N)nc12. The van der Waals surface area contributed by atoms with Crippen LogP contribution >= 0.6 is 0 Å². The van der Waals surface area contributed by atoms with Crippen molar-refractivity contribution >= 4 is 34.5 Å². The Morgan fingerprint density at radius 3 is 2.93 bits per heavy atom. The lowest BCUT2D eigenvalue weighted by Crippen LogP contribution is -2.44. The summed E-state index contributed by atoms with van der Waals surface area (Å²) in [5.41, 5.74) is 10.1. The average molecular weight is 393 g/mol. The van der Waals surface area contributed by atoms with E-state index in [1.165, 1.54) is 0 Å². The van der Waals surface area contributed by atoms with Crippen molar-refractivity contribution in [2.75, 3.05) is 42.3 Å². The Balaban J connectivity index is 1.53. The smallest absolute Gasteiger partial charge is 0.247 e. The largest absolute Gasteiger partial charge is 0.381 e. The molecule has 0 saturated carbocycles. The lowest BCUT2D eigenvalue weighted by atomic mass is 9.99. The third kappa shape index (κ3) is 3.27. The number of anilines is 3. The number of nitrogens with one attached hydrogen (secondary N) is 2. The van der Waals surface area contributed by atoms with Crippen LogP contribution in [0.15, 0.2) is 18.3 Å². The highest BCUT2D eigenvalue weighted by atomic mass is 16.5. The first-order valence-corrected chi connectivity index (χ1v) is 9.84. The number of aryl methyl sites for hydroxylation is 1. The van der Waals surface area contributed by atoms with Gasteiger partial charge in [0.25, 0.3) is 0 Å². The molecule has 5 rings (SSSR count). The number of aromatic amines is 1. The Morgan fingerprint density at radius 2 is 2.10 bits per heavy atom. The molecule has 4 N–H and O–H groups in total. The Kier molecular flexibility index (Phi) is 4.31. The van der Waals surface area contributed by atoms with Crippen LogP contribution in [0.4, 0.5) is 17.6 Å². The van der Waals surface area contributed by atoms with Crippen molar-refractivity contribution < 1.29 is 9.53 Å². The molecule has 9 heteroatoms. The molecule has 1 aromatic carbocycles. The molecule has 9 nitrogen and oxygen atoms in total. The summed E-state index contributed by atoms with van der Waals surface area (Å²) in [6.07, 6.45) is 3.64. The van der Waals surface area contributed by atoms with Crippen LogP contribution in [0.1, 0.15) is 18.4 Å². The van der Waals surface area contributed by atoms with Crippen molar-refractivity contribution in [2.45, 2.75) is 19.8 Å². The Bertz CT molecular complexity index is 1090. The predicted octanol–water partition coefficient (Wildman–Crippen LogP) is 2.10. The van der Waals surface area contributed by atoms with Crippen molar-refractivity contribution in [3.8, 4) is 11.3 Å². The lowest BCUT2D eigenvalue weighted by Gasteiger charge is -2.32. The fourth-order valence-electron chi connectivity index (χ4n) is 4.04. The predicted molar refractivity (Wildman–Crippen MR) is 111 cm³/mol. The van der Waals surface area contributed by atoms with Crippen molar-refractivity contribution in [1.29, 1.82) is 0 Å². The van der Waals surface area contributed by atoms with Crippen LogP contribution in [0.5, 0.6) is 0 Å². The molecule has 0 radical (unpaired) electrons. The van der Waals surface area contributed by atoms with Gasteiger partial charge in [0.1, 0.15) is 0 Å². The molecule has 0 bridgehead atoms. The number of nitrogens with two attached hydrogens (primary N) is 1. The van der Waals surface area contributed by atoms with Crippen LogP contribution in [0.3, 0.4) is 0 Å². The number of fused-ring (bicyclic) bond motifs is 2. The second-order valence-electron chi connectivity index (χ2n) is 7.65. The standard InChI is InChI=1S/C20H23N7O2/c1-11-6-13(7-14-17(11)26-20(21)25-14)15-8-22-18-19(24-15)27(16(28)9-23-18)10-12-2-4-29-5-3-12/h6-8,12H,2-5,9-10H2,1H3,(H,22,23)(H3,21,25,26). The van der Waals surface area contributed by atoms with Crippen LogP contribution in [-0.4, -0.2) is 52.1 Å². The minimum absolute atomic E-state index is 0.0171. The van der Waals surface area contributed by atoms with Crippen LogP contribution < -0.4 is 16.0 Å². The lowest BCUT2D eigenvalue weighted by molar-refractivity contribution is -0.117. The quantitative estimate of drug-likeness (QED) is 0.623. The van der Waals surface area contributed by atoms with Gasteiger partial charge in [-0.15, -0.1) is 0 Å². The molecular formula is C20H23N7O2. The van der Waals surface area contributed by atoms with E-state index >= 15 is 0 Å². The third-order valence-corrected chi connectivity index (χ3v) is 5.59. The summed E-state index contributed by atoms with van der Waals surface area (Å²) >= 11 is 0. The molecule has 3 aromatic rings. The zero-order chi connectivity index (χ0) is 20.0. The molecular weight excluding hydrogens is 370 g/mol. The molecule has 1 saturated heterocycles. The summed E-state index contributed by atoms with van der Waals surface area (Å²) in [5, 5.41) is 3.08. The van der Waals surface area contributed by atoms with Gasteiger partial charge in [0.05, 0.1) is 29.5 Å². The number of imidazole rings is 1. The van der Waals surface area contributed by atoms with Crippen molar-refractivity contribution in [2.24, 2.45) is 5.92 Å². The normalized spacial score (nSPS) is 17.4. The Labute approximate surface area is 167 Å². The first-order valence-electron chi connectivity index (χ1n) is 9.84. The van der Waals surface area contributed by atoms with Gasteiger partial charge >= 0.3 is 0 Å². The number of nitrogen functional groups attached to an aromatic ring is 1. The second-order valence-corrected chi connectivity index (χ2v) is 7.65. The number of amides is 1. The number of benzene rings is 1. The summed E-state index contributed by atoms with van der Waals surface area (Å²) in [4.78, 5) is 31.2. The highest BCUT2D eigenvalue weighted by Gasteiger charge is 2.30. The number of hydrogen-bond acceptors (Lipinski definition) is 7. The van der Waals surface area contributed by atoms with Crippen LogP contribution in [-0.2, 0) is 9.53 Å². The van der Waals surface area contributed by atoms with E-state index in [1.807, 2.05) is 19.1 Å². The molecule has 1 amide bonds. The second kappa shape index (κ2) is 7.00. The molecule has 2 aliphatic heterocycles. The number of H-pyrrole nitrogens is 1. The van der Waals surface area contributed by atoms with Gasteiger partial charge in [-0.1, -0.05) is 0 Å². The number of carbonyl (C=O) groups is 1. The molecule has 4 heterocycles. The van der Waals surface area contributed by atoms with E-state index in [4.69, 9.17) is 15.5 Å². The van der Waals surface area contributed by atoms with Gasteiger partial charge in [0.2, 0.25) is 5.91 Å². The molecule has 1 fully saturated rings. The summed E-state index contributed by atoms with van der Waals surface area (Å²) in [5.74, 6) is 2.05. The highest BCUT2D eigenvalue weighted by Crippen LogP contribution is 2.32. The van der Waals surface area contributed by atoms with Gasteiger partial charge in [-0.05, 0) is 43.4 Å². The molecule has 0 aliphatic carbocycles. The van der Waals surface area contributed by atoms with Gasteiger partial charge in [0.15, 0.2) is 17.6 Å². The van der Waals surface area contributed by atoms with Gasteiger partial charge in [-0.3, -0.25) is 9.69 Å². The Morgan fingerprint density at radius 1 is 1.28 bits per heavy atom. The van der Waals surface area contributed by atoms with Crippen molar-refractivity contribution in [3.63, 3.8) is 0 Å². The van der Waals surface area contributed by atoms with Gasteiger partial charge in [-0.25, -0.2) is 15.0 Å². The summed E-state index contributed by atoms with van der Waals surface area (Å²) in [6.45, 7) is 4.36. The minimum atomic E-state index is 0.0171. The van der Waals surface area contributed by atoms with Crippen LogP contribution in [0.25, 0.3) is 22.3 Å². The van der Waals surface area contributed by atoms with Crippen LogP contribution in [0, 0.1) is 12.8 Å². The fraction of sp³-hybridized carbons (Fsp3) is 0.400. The maximum absolute atomic E-state index is 12.6. The van der Waals surface area contributed by atoms with Gasteiger partial charge in [-0.2, -0.15) is 0 Å². The monoisotopic (exact) mass is 393 g/mol. The zero-order valence-electron chi connectivity index (χ0n) is 16.2. The number of carbonyl (C=O) groups excluding carboxylic acids is 1. The van der Waals surface area contributed by atoms with E-state index in [1.54, 1.807) is 11.1 Å². The van der Waals surface area contributed by atoms with Crippen molar-refractivity contribution in [3.05, 3.63) is 23.9 Å². The van der Waals surface area contributed by atoms with Gasteiger partial charge < -0.3 is 20.8 Å². The van der Waals surface area contributed by atoms with E-state index < -0.39 is 0 Å². The summed E-state index contributed by atoms with van der Waals surface area (Å²) in [7, 11) is 0. The van der Waals surface area contributed by atoms with Crippen LogP contribution in [0.2, 0.25) is 0 Å². The molecule has 150 valence electrons.